The van der Waals surface area contributed by atoms with Crippen molar-refractivity contribution in [3.8, 4) is 17.4 Å². The van der Waals surface area contributed by atoms with E-state index in [0.717, 1.165) is 30.9 Å². The van der Waals surface area contributed by atoms with E-state index in [2.05, 4.69) is 25.5 Å². The summed E-state index contributed by atoms with van der Waals surface area (Å²) in [5, 5.41) is 11.4. The zero-order valence-corrected chi connectivity index (χ0v) is 11.0. The Balaban J connectivity index is 2.02. The molecule has 19 heavy (non-hydrogen) atoms. The number of rotatable bonds is 2. The maximum Gasteiger partial charge on any atom is 0.233 e. The molecular weight excluding hydrogens is 242 g/mol. The molecule has 0 amide bonds. The van der Waals surface area contributed by atoms with Crippen LogP contribution in [0.15, 0.2) is 12.1 Å². The third kappa shape index (κ3) is 2.26. The topological polar surface area (TPSA) is 72.8 Å². The third-order valence-electron chi connectivity index (χ3n) is 3.22. The van der Waals surface area contributed by atoms with E-state index < -0.39 is 0 Å². The Bertz CT molecular complexity index is 597. The minimum atomic E-state index is 0.486. The standard InChI is InChI=1S/C13H15N5O/c1-8-9-5-6-14-7-11(9)16-13(15-8)10-3-4-12(19-2)18-17-10/h3-4,14H,5-7H2,1-2H3. The first-order valence-corrected chi connectivity index (χ1v) is 6.23. The van der Waals surface area contributed by atoms with Crippen molar-refractivity contribution < 1.29 is 4.74 Å². The lowest BCUT2D eigenvalue weighted by Crippen LogP contribution is -2.26. The molecule has 0 aromatic carbocycles. The molecule has 0 bridgehead atoms. The fourth-order valence-electron chi connectivity index (χ4n) is 2.21. The fourth-order valence-corrected chi connectivity index (χ4v) is 2.21. The number of nitrogens with zero attached hydrogens (tertiary/aromatic N) is 4. The van der Waals surface area contributed by atoms with E-state index in [1.165, 1.54) is 5.56 Å². The Hall–Kier alpha value is -2.08. The molecule has 6 nitrogen and oxygen atoms in total. The Morgan fingerprint density at radius 3 is 2.84 bits per heavy atom. The molecule has 0 aliphatic carbocycles. The van der Waals surface area contributed by atoms with Crippen LogP contribution < -0.4 is 10.1 Å². The molecule has 1 aliphatic heterocycles. The van der Waals surface area contributed by atoms with Crippen molar-refractivity contribution in [2.45, 2.75) is 19.9 Å². The van der Waals surface area contributed by atoms with E-state index in [1.807, 2.05) is 13.0 Å². The van der Waals surface area contributed by atoms with Crippen LogP contribution in [0.25, 0.3) is 11.5 Å². The quantitative estimate of drug-likeness (QED) is 0.861. The van der Waals surface area contributed by atoms with Gasteiger partial charge >= 0.3 is 0 Å². The molecule has 1 aliphatic rings. The van der Waals surface area contributed by atoms with Gasteiger partial charge in [0.1, 0.15) is 5.69 Å². The van der Waals surface area contributed by atoms with Gasteiger partial charge in [-0.2, -0.15) is 0 Å². The van der Waals surface area contributed by atoms with Crippen LogP contribution >= 0.6 is 0 Å². The molecular formula is C13H15N5O. The van der Waals surface area contributed by atoms with Crippen molar-refractivity contribution in [2.75, 3.05) is 13.7 Å². The van der Waals surface area contributed by atoms with E-state index in [-0.39, 0.29) is 0 Å². The van der Waals surface area contributed by atoms with E-state index in [9.17, 15) is 0 Å². The number of aryl methyl sites for hydroxylation is 1. The van der Waals surface area contributed by atoms with Crippen molar-refractivity contribution >= 4 is 0 Å². The number of nitrogens with one attached hydrogen (secondary N) is 1. The summed E-state index contributed by atoms with van der Waals surface area (Å²) in [5.74, 6) is 1.11. The number of fused-ring (bicyclic) bond motifs is 1. The highest BCUT2D eigenvalue weighted by atomic mass is 16.5. The molecule has 2 aromatic rings. The van der Waals surface area contributed by atoms with Gasteiger partial charge in [-0.05, 0) is 31.5 Å². The summed E-state index contributed by atoms with van der Waals surface area (Å²) in [6, 6.07) is 3.59. The average molecular weight is 257 g/mol. The highest BCUT2D eigenvalue weighted by Gasteiger charge is 2.16. The van der Waals surface area contributed by atoms with Crippen molar-refractivity contribution in [1.29, 1.82) is 0 Å². The number of hydrogen-bond acceptors (Lipinski definition) is 6. The van der Waals surface area contributed by atoms with Gasteiger partial charge in [-0.3, -0.25) is 0 Å². The van der Waals surface area contributed by atoms with Crippen LogP contribution in [-0.4, -0.2) is 33.8 Å². The molecule has 0 fully saturated rings. The van der Waals surface area contributed by atoms with Crippen LogP contribution in [0, 0.1) is 6.92 Å². The second-order valence-electron chi connectivity index (χ2n) is 4.45. The lowest BCUT2D eigenvalue weighted by molar-refractivity contribution is 0.392. The fraction of sp³-hybridized carbons (Fsp3) is 0.385. The lowest BCUT2D eigenvalue weighted by Gasteiger charge is -2.18. The molecule has 3 heterocycles. The van der Waals surface area contributed by atoms with E-state index >= 15 is 0 Å². The summed E-state index contributed by atoms with van der Waals surface area (Å²) < 4.78 is 4.99. The summed E-state index contributed by atoms with van der Waals surface area (Å²) in [7, 11) is 1.56. The molecule has 98 valence electrons. The predicted molar refractivity (Wildman–Crippen MR) is 69.8 cm³/mol. The predicted octanol–water partition coefficient (Wildman–Crippen LogP) is 0.896. The molecule has 0 spiro atoms. The van der Waals surface area contributed by atoms with E-state index in [4.69, 9.17) is 4.74 Å². The van der Waals surface area contributed by atoms with Crippen LogP contribution in [0.5, 0.6) is 5.88 Å². The maximum atomic E-state index is 4.99. The highest BCUT2D eigenvalue weighted by Crippen LogP contribution is 2.20. The van der Waals surface area contributed by atoms with Gasteiger partial charge in [0.15, 0.2) is 5.82 Å². The molecule has 0 saturated carbocycles. The van der Waals surface area contributed by atoms with Gasteiger partial charge in [0.25, 0.3) is 0 Å². The molecule has 1 N–H and O–H groups in total. The molecule has 2 aromatic heterocycles. The van der Waals surface area contributed by atoms with Crippen molar-refractivity contribution in [1.82, 2.24) is 25.5 Å². The number of aromatic nitrogens is 4. The summed E-state index contributed by atoms with van der Waals surface area (Å²) in [5.41, 5.74) is 4.01. The van der Waals surface area contributed by atoms with Crippen molar-refractivity contribution in [3.63, 3.8) is 0 Å². The van der Waals surface area contributed by atoms with Gasteiger partial charge in [-0.1, -0.05) is 0 Å². The van der Waals surface area contributed by atoms with E-state index in [0.29, 0.717) is 17.4 Å². The molecule has 0 saturated heterocycles. The van der Waals surface area contributed by atoms with Crippen LogP contribution in [-0.2, 0) is 13.0 Å². The SMILES string of the molecule is COc1ccc(-c2nc(C)c3c(n2)CNCC3)nn1. The van der Waals surface area contributed by atoms with Crippen LogP contribution in [0.3, 0.4) is 0 Å². The largest absolute Gasteiger partial charge is 0.480 e. The zero-order valence-electron chi connectivity index (χ0n) is 11.0. The van der Waals surface area contributed by atoms with Crippen LogP contribution in [0.1, 0.15) is 17.0 Å². The van der Waals surface area contributed by atoms with Crippen molar-refractivity contribution in [3.05, 3.63) is 29.1 Å². The Labute approximate surface area is 111 Å². The lowest BCUT2D eigenvalue weighted by atomic mass is 10.0. The Morgan fingerprint density at radius 1 is 1.21 bits per heavy atom. The first-order valence-electron chi connectivity index (χ1n) is 6.23. The molecule has 6 heteroatoms. The number of methoxy groups -OCH3 is 1. The average Bonchev–Trinajstić information content (AvgIpc) is 2.47. The summed E-state index contributed by atoms with van der Waals surface area (Å²) in [4.78, 5) is 9.11. The summed E-state index contributed by atoms with van der Waals surface area (Å²) >= 11 is 0. The van der Waals surface area contributed by atoms with Gasteiger partial charge in [0.05, 0.1) is 12.8 Å². The minimum absolute atomic E-state index is 0.486. The van der Waals surface area contributed by atoms with Gasteiger partial charge in [-0.15, -0.1) is 10.2 Å². The normalized spacial score (nSPS) is 14.0. The van der Waals surface area contributed by atoms with Gasteiger partial charge in [0.2, 0.25) is 5.88 Å². The Kier molecular flexibility index (Phi) is 3.08. The monoisotopic (exact) mass is 257 g/mol. The third-order valence-corrected chi connectivity index (χ3v) is 3.22. The van der Waals surface area contributed by atoms with Crippen LogP contribution in [0.4, 0.5) is 0 Å². The molecule has 0 atom stereocenters. The minimum Gasteiger partial charge on any atom is -0.480 e. The molecule has 0 unspecified atom stereocenters. The highest BCUT2D eigenvalue weighted by molar-refractivity contribution is 5.50. The second kappa shape index (κ2) is 4.89. The smallest absolute Gasteiger partial charge is 0.233 e. The number of hydrogen-bond donors (Lipinski definition) is 1. The van der Waals surface area contributed by atoms with Gasteiger partial charge in [-0.25, -0.2) is 9.97 Å². The summed E-state index contributed by atoms with van der Waals surface area (Å²) in [6.07, 6.45) is 0.982. The summed E-state index contributed by atoms with van der Waals surface area (Å²) in [6.45, 7) is 3.79. The maximum absolute atomic E-state index is 4.99. The second-order valence-corrected chi connectivity index (χ2v) is 4.45. The van der Waals surface area contributed by atoms with E-state index in [1.54, 1.807) is 13.2 Å². The first-order chi connectivity index (χ1) is 9.28. The molecule has 3 rings (SSSR count). The molecule has 0 radical (unpaired) electrons. The van der Waals surface area contributed by atoms with Gasteiger partial charge in [0, 0.05) is 18.3 Å². The van der Waals surface area contributed by atoms with Crippen LogP contribution in [0.2, 0.25) is 0 Å². The number of ether oxygens (including phenoxy) is 1. The zero-order chi connectivity index (χ0) is 13.2. The van der Waals surface area contributed by atoms with Crippen molar-refractivity contribution in [2.24, 2.45) is 0 Å². The first kappa shape index (κ1) is 12.0. The Morgan fingerprint density at radius 2 is 2.11 bits per heavy atom. The van der Waals surface area contributed by atoms with Gasteiger partial charge < -0.3 is 10.1 Å².